The number of aryl methyl sites for hydroxylation is 1. The molecule has 0 radical (unpaired) electrons. The first kappa shape index (κ1) is 16.4. The number of nitrogens with zero attached hydrogens (tertiary/aromatic N) is 3. The smallest absolute Gasteiger partial charge is 0.213 e. The van der Waals surface area contributed by atoms with Crippen LogP contribution in [0.4, 0.5) is 0 Å². The van der Waals surface area contributed by atoms with Crippen molar-refractivity contribution in [2.24, 2.45) is 0 Å². The Morgan fingerprint density at radius 3 is 2.67 bits per heavy atom. The summed E-state index contributed by atoms with van der Waals surface area (Å²) in [7, 11) is 3.99. The molecule has 0 aliphatic rings. The van der Waals surface area contributed by atoms with Gasteiger partial charge in [0.1, 0.15) is 5.69 Å². The van der Waals surface area contributed by atoms with Crippen LogP contribution in [0, 0.1) is 6.92 Å². The normalized spacial score (nSPS) is 11.1. The lowest BCUT2D eigenvalue weighted by Crippen LogP contribution is -2.22. The lowest BCUT2D eigenvalue weighted by molar-refractivity contribution is 0.102. The molecule has 1 heterocycles. The molecule has 4 nitrogen and oxygen atoms in total. The summed E-state index contributed by atoms with van der Waals surface area (Å²) in [5.74, 6) is -0.0336. The zero-order chi connectivity index (χ0) is 15.6. The largest absolute Gasteiger partial charge is 0.308 e. The number of carbonyl (C=O) groups excluding carboxylic acids is 1. The molecular formula is C15H17Br2N3O. The van der Waals surface area contributed by atoms with E-state index in [-0.39, 0.29) is 5.78 Å². The maximum atomic E-state index is 12.8. The van der Waals surface area contributed by atoms with Crippen molar-refractivity contribution in [2.45, 2.75) is 13.5 Å². The van der Waals surface area contributed by atoms with E-state index in [1.807, 2.05) is 39.2 Å². The lowest BCUT2D eigenvalue weighted by atomic mass is 10.1. The number of halogens is 2. The average Bonchev–Trinajstić information content (AvgIpc) is 2.79. The van der Waals surface area contributed by atoms with E-state index >= 15 is 0 Å². The highest BCUT2D eigenvalue weighted by Gasteiger charge is 2.21. The molecular weight excluding hydrogens is 398 g/mol. The minimum Gasteiger partial charge on any atom is -0.308 e. The fraction of sp³-hybridized carbons (Fsp3) is 0.333. The van der Waals surface area contributed by atoms with Crippen LogP contribution in [0.25, 0.3) is 0 Å². The van der Waals surface area contributed by atoms with E-state index in [2.05, 4.69) is 41.9 Å². The molecule has 2 aromatic rings. The molecule has 0 N–H and O–H groups in total. The van der Waals surface area contributed by atoms with Crippen LogP contribution >= 0.6 is 31.9 Å². The number of rotatable bonds is 5. The van der Waals surface area contributed by atoms with Crippen LogP contribution < -0.4 is 0 Å². The summed E-state index contributed by atoms with van der Waals surface area (Å²) >= 11 is 6.89. The SMILES string of the molecule is Cc1ccc(Br)c(C(=O)c2c(Br)cnn2CCN(C)C)c1. The molecule has 0 fully saturated rings. The first-order valence-corrected chi connectivity index (χ1v) is 8.15. The molecule has 21 heavy (non-hydrogen) atoms. The third-order valence-electron chi connectivity index (χ3n) is 3.14. The topological polar surface area (TPSA) is 38.1 Å². The zero-order valence-corrected chi connectivity index (χ0v) is 15.4. The van der Waals surface area contributed by atoms with Gasteiger partial charge in [-0.25, -0.2) is 0 Å². The summed E-state index contributed by atoms with van der Waals surface area (Å²) in [6, 6.07) is 5.76. The maximum absolute atomic E-state index is 12.8. The molecule has 6 heteroatoms. The van der Waals surface area contributed by atoms with Crippen molar-refractivity contribution >= 4 is 37.6 Å². The third kappa shape index (κ3) is 3.81. The van der Waals surface area contributed by atoms with Crippen molar-refractivity contribution in [3.8, 4) is 0 Å². The summed E-state index contributed by atoms with van der Waals surface area (Å²) in [5.41, 5.74) is 2.29. The number of likely N-dealkylation sites (N-methyl/N-ethyl adjacent to an activating group) is 1. The Balaban J connectivity index is 2.39. The van der Waals surface area contributed by atoms with Gasteiger partial charge in [0.15, 0.2) is 0 Å². The van der Waals surface area contributed by atoms with Gasteiger partial charge in [0, 0.05) is 16.6 Å². The highest BCUT2D eigenvalue weighted by Crippen LogP contribution is 2.25. The summed E-state index contributed by atoms with van der Waals surface area (Å²) < 4.78 is 3.27. The van der Waals surface area contributed by atoms with Gasteiger partial charge < -0.3 is 4.90 Å². The number of carbonyl (C=O) groups is 1. The number of aromatic nitrogens is 2. The second-order valence-corrected chi connectivity index (χ2v) is 6.89. The maximum Gasteiger partial charge on any atom is 0.213 e. The minimum absolute atomic E-state index is 0.0336. The standard InChI is InChI=1S/C15H17Br2N3O/c1-10-4-5-12(16)11(8-10)15(21)14-13(17)9-18-20(14)7-6-19(2)3/h4-5,8-9H,6-7H2,1-3H3. The van der Waals surface area contributed by atoms with Crippen molar-refractivity contribution in [1.82, 2.24) is 14.7 Å². The van der Waals surface area contributed by atoms with Crippen LogP contribution in [0.1, 0.15) is 21.6 Å². The minimum atomic E-state index is -0.0336. The van der Waals surface area contributed by atoms with Crippen molar-refractivity contribution in [2.75, 3.05) is 20.6 Å². The molecule has 112 valence electrons. The second-order valence-electron chi connectivity index (χ2n) is 5.18. The van der Waals surface area contributed by atoms with Crippen LogP contribution in [-0.2, 0) is 6.54 Å². The Hall–Kier alpha value is -0.980. The molecule has 0 amide bonds. The molecule has 1 aromatic carbocycles. The van der Waals surface area contributed by atoms with Crippen LogP contribution in [0.2, 0.25) is 0 Å². The summed E-state index contributed by atoms with van der Waals surface area (Å²) in [5, 5.41) is 4.29. The Labute approximate surface area is 141 Å². The van der Waals surface area contributed by atoms with E-state index in [1.54, 1.807) is 10.9 Å². The van der Waals surface area contributed by atoms with E-state index in [4.69, 9.17) is 0 Å². The Kier molecular flexibility index (Phi) is 5.35. The van der Waals surface area contributed by atoms with Gasteiger partial charge in [-0.2, -0.15) is 5.10 Å². The van der Waals surface area contributed by atoms with Gasteiger partial charge >= 0.3 is 0 Å². The molecule has 1 aromatic heterocycles. The van der Waals surface area contributed by atoms with E-state index in [0.717, 1.165) is 21.1 Å². The Morgan fingerprint density at radius 1 is 1.29 bits per heavy atom. The van der Waals surface area contributed by atoms with Crippen molar-refractivity contribution in [3.63, 3.8) is 0 Å². The van der Waals surface area contributed by atoms with Gasteiger partial charge in [0.25, 0.3) is 0 Å². The van der Waals surface area contributed by atoms with Gasteiger partial charge in [0.2, 0.25) is 5.78 Å². The number of hydrogen-bond acceptors (Lipinski definition) is 3. The van der Waals surface area contributed by atoms with Crippen LogP contribution in [-0.4, -0.2) is 41.1 Å². The fourth-order valence-electron chi connectivity index (χ4n) is 1.99. The van der Waals surface area contributed by atoms with Crippen LogP contribution in [0.15, 0.2) is 33.3 Å². The van der Waals surface area contributed by atoms with E-state index in [9.17, 15) is 4.79 Å². The van der Waals surface area contributed by atoms with Crippen molar-refractivity contribution in [1.29, 1.82) is 0 Å². The van der Waals surface area contributed by atoms with Crippen molar-refractivity contribution < 1.29 is 4.79 Å². The molecule has 0 aliphatic carbocycles. The fourth-order valence-corrected chi connectivity index (χ4v) is 2.90. The quantitative estimate of drug-likeness (QED) is 0.702. The van der Waals surface area contributed by atoms with Crippen LogP contribution in [0.3, 0.4) is 0 Å². The number of ketones is 1. The molecule has 0 saturated heterocycles. The Bertz CT molecular complexity index is 665. The number of hydrogen-bond donors (Lipinski definition) is 0. The predicted molar refractivity (Wildman–Crippen MR) is 90.8 cm³/mol. The first-order chi connectivity index (χ1) is 9.90. The monoisotopic (exact) mass is 413 g/mol. The third-order valence-corrected chi connectivity index (χ3v) is 4.41. The average molecular weight is 415 g/mol. The summed E-state index contributed by atoms with van der Waals surface area (Å²) in [4.78, 5) is 14.9. The summed E-state index contributed by atoms with van der Waals surface area (Å²) in [6.45, 7) is 3.47. The number of benzene rings is 1. The Morgan fingerprint density at radius 2 is 2.00 bits per heavy atom. The highest BCUT2D eigenvalue weighted by atomic mass is 79.9. The van der Waals surface area contributed by atoms with E-state index in [0.29, 0.717) is 17.8 Å². The predicted octanol–water partition coefficient (Wildman–Crippen LogP) is 3.51. The zero-order valence-electron chi connectivity index (χ0n) is 12.2. The van der Waals surface area contributed by atoms with Gasteiger partial charge in [-0.15, -0.1) is 0 Å². The van der Waals surface area contributed by atoms with E-state index in [1.165, 1.54) is 0 Å². The van der Waals surface area contributed by atoms with Gasteiger partial charge in [-0.05, 0) is 49.1 Å². The molecule has 0 aliphatic heterocycles. The molecule has 0 unspecified atom stereocenters. The first-order valence-electron chi connectivity index (χ1n) is 6.57. The van der Waals surface area contributed by atoms with E-state index < -0.39 is 0 Å². The molecule has 0 spiro atoms. The highest BCUT2D eigenvalue weighted by molar-refractivity contribution is 9.10. The van der Waals surface area contributed by atoms with Crippen LogP contribution in [0.5, 0.6) is 0 Å². The van der Waals surface area contributed by atoms with Gasteiger partial charge in [-0.3, -0.25) is 9.48 Å². The molecule has 0 atom stereocenters. The summed E-state index contributed by atoms with van der Waals surface area (Å²) in [6.07, 6.45) is 1.67. The lowest BCUT2D eigenvalue weighted by Gasteiger charge is -2.12. The van der Waals surface area contributed by atoms with Gasteiger partial charge in [-0.1, -0.05) is 27.6 Å². The molecule has 2 rings (SSSR count). The molecule has 0 saturated carbocycles. The second kappa shape index (κ2) is 6.85. The molecule has 0 bridgehead atoms. The van der Waals surface area contributed by atoms with Gasteiger partial charge in [0.05, 0.1) is 17.2 Å². The van der Waals surface area contributed by atoms with Crippen molar-refractivity contribution in [3.05, 3.63) is 50.2 Å².